The predicted octanol–water partition coefficient (Wildman–Crippen LogP) is 3.65. The Kier molecular flexibility index (Phi) is 4.94. The monoisotopic (exact) mass is 307 g/mol. The average Bonchev–Trinajstić information content (AvgIpc) is 2.47. The van der Waals surface area contributed by atoms with Gasteiger partial charge in [0.2, 0.25) is 0 Å². The van der Waals surface area contributed by atoms with E-state index in [1.54, 1.807) is 12.3 Å². The minimum atomic E-state index is -0.520. The first-order chi connectivity index (χ1) is 10.1. The van der Waals surface area contributed by atoms with E-state index in [1.807, 2.05) is 19.1 Å². The third kappa shape index (κ3) is 4.06. The highest BCUT2D eigenvalue weighted by Gasteiger charge is 2.15. The summed E-state index contributed by atoms with van der Waals surface area (Å²) in [6, 6.07) is 7.99. The molecule has 0 unspecified atom stereocenters. The first-order valence-electron chi connectivity index (χ1n) is 6.35. The molecule has 6 nitrogen and oxygen atoms in total. The molecule has 0 aliphatic carbocycles. The Morgan fingerprint density at radius 3 is 2.81 bits per heavy atom. The maximum atomic E-state index is 10.9. The second kappa shape index (κ2) is 6.90. The van der Waals surface area contributed by atoms with Crippen LogP contribution in [0.2, 0.25) is 5.02 Å². The number of nitro benzene ring substituents is 1. The number of hydrogen-bond donors (Lipinski definition) is 1. The molecule has 0 atom stereocenters. The molecular weight excluding hydrogens is 294 g/mol. The van der Waals surface area contributed by atoms with Crippen molar-refractivity contribution in [3.05, 3.63) is 57.2 Å². The summed E-state index contributed by atoms with van der Waals surface area (Å²) in [6.07, 6.45) is 1.67. The Morgan fingerprint density at radius 1 is 1.38 bits per heavy atom. The van der Waals surface area contributed by atoms with E-state index in [0.29, 0.717) is 5.02 Å². The fourth-order valence-corrected chi connectivity index (χ4v) is 1.88. The van der Waals surface area contributed by atoms with Crippen LogP contribution in [0.1, 0.15) is 12.5 Å². The van der Waals surface area contributed by atoms with Crippen molar-refractivity contribution >= 4 is 23.1 Å². The second-order valence-corrected chi connectivity index (χ2v) is 4.68. The van der Waals surface area contributed by atoms with Gasteiger partial charge < -0.3 is 10.1 Å². The van der Waals surface area contributed by atoms with Crippen molar-refractivity contribution in [3.8, 4) is 5.75 Å². The Hall–Kier alpha value is -2.34. The highest BCUT2D eigenvalue weighted by atomic mass is 35.5. The van der Waals surface area contributed by atoms with E-state index >= 15 is 0 Å². The molecule has 0 saturated heterocycles. The summed E-state index contributed by atoms with van der Waals surface area (Å²) in [5.74, 6) is 0.957. The molecule has 1 N–H and O–H groups in total. The molecule has 21 heavy (non-hydrogen) atoms. The van der Waals surface area contributed by atoms with E-state index in [9.17, 15) is 10.1 Å². The number of pyridine rings is 1. The van der Waals surface area contributed by atoms with Gasteiger partial charge in [-0.3, -0.25) is 10.1 Å². The normalized spacial score (nSPS) is 10.2. The van der Waals surface area contributed by atoms with Crippen molar-refractivity contribution in [2.75, 3.05) is 11.9 Å². The minimum Gasteiger partial charge on any atom is -0.482 e. The molecule has 110 valence electrons. The molecule has 0 fully saturated rings. The van der Waals surface area contributed by atoms with Crippen LogP contribution in [0.4, 0.5) is 11.5 Å². The first-order valence-corrected chi connectivity index (χ1v) is 6.73. The van der Waals surface area contributed by atoms with Crippen molar-refractivity contribution in [2.45, 2.75) is 13.5 Å². The number of benzene rings is 1. The van der Waals surface area contributed by atoms with Gasteiger partial charge in [-0.1, -0.05) is 17.7 Å². The largest absolute Gasteiger partial charge is 0.482 e. The van der Waals surface area contributed by atoms with Gasteiger partial charge in [-0.15, -0.1) is 0 Å². The van der Waals surface area contributed by atoms with Crippen LogP contribution in [0.25, 0.3) is 0 Å². The highest BCUT2D eigenvalue weighted by Crippen LogP contribution is 2.30. The van der Waals surface area contributed by atoms with Crippen LogP contribution in [0, 0.1) is 10.1 Å². The number of hydrogen-bond acceptors (Lipinski definition) is 5. The summed E-state index contributed by atoms with van der Waals surface area (Å²) in [6.45, 7) is 2.97. The lowest BCUT2D eigenvalue weighted by molar-refractivity contribution is -0.385. The summed E-state index contributed by atoms with van der Waals surface area (Å²) in [4.78, 5) is 14.6. The van der Waals surface area contributed by atoms with Gasteiger partial charge in [0.1, 0.15) is 12.4 Å². The predicted molar refractivity (Wildman–Crippen MR) is 80.8 cm³/mol. The first kappa shape index (κ1) is 15.1. The fraction of sp³-hybridized carbons (Fsp3) is 0.214. The third-order valence-electron chi connectivity index (χ3n) is 2.69. The number of nitro groups is 1. The Balaban J connectivity index is 2.07. The number of ether oxygens (including phenoxy) is 1. The molecule has 7 heteroatoms. The van der Waals surface area contributed by atoms with Gasteiger partial charge >= 0.3 is 5.69 Å². The molecule has 0 saturated carbocycles. The summed E-state index contributed by atoms with van der Waals surface area (Å²) < 4.78 is 5.48. The molecule has 0 aliphatic heterocycles. The SMILES string of the molecule is CCNc1ccc(COc2ccc(Cl)cc2[N+](=O)[O-])cn1. The summed E-state index contributed by atoms with van der Waals surface area (Å²) in [5.41, 5.74) is 0.667. The lowest BCUT2D eigenvalue weighted by Crippen LogP contribution is -2.02. The lowest BCUT2D eigenvalue weighted by Gasteiger charge is -2.08. The number of anilines is 1. The smallest absolute Gasteiger partial charge is 0.312 e. The van der Waals surface area contributed by atoms with E-state index in [2.05, 4.69) is 10.3 Å². The van der Waals surface area contributed by atoms with Crippen molar-refractivity contribution in [1.29, 1.82) is 0 Å². The minimum absolute atomic E-state index is 0.153. The van der Waals surface area contributed by atoms with Crippen LogP contribution in [0.3, 0.4) is 0 Å². The molecule has 1 heterocycles. The van der Waals surface area contributed by atoms with Crippen molar-refractivity contribution in [2.24, 2.45) is 0 Å². The fourth-order valence-electron chi connectivity index (χ4n) is 1.71. The highest BCUT2D eigenvalue weighted by molar-refractivity contribution is 6.30. The van der Waals surface area contributed by atoms with Gasteiger partial charge in [0.05, 0.1) is 4.92 Å². The summed E-state index contributed by atoms with van der Waals surface area (Å²) >= 11 is 5.75. The van der Waals surface area contributed by atoms with Gasteiger partial charge in [0.25, 0.3) is 0 Å². The van der Waals surface area contributed by atoms with Crippen LogP contribution in [0.15, 0.2) is 36.5 Å². The molecule has 0 spiro atoms. The quantitative estimate of drug-likeness (QED) is 0.651. The van der Waals surface area contributed by atoms with Gasteiger partial charge in [-0.05, 0) is 25.1 Å². The molecule has 0 bridgehead atoms. The van der Waals surface area contributed by atoms with Crippen molar-refractivity contribution < 1.29 is 9.66 Å². The van der Waals surface area contributed by atoms with Gasteiger partial charge in [0, 0.05) is 29.4 Å². The molecule has 0 radical (unpaired) electrons. The van der Waals surface area contributed by atoms with Crippen molar-refractivity contribution in [3.63, 3.8) is 0 Å². The van der Waals surface area contributed by atoms with Crippen LogP contribution in [-0.4, -0.2) is 16.5 Å². The van der Waals surface area contributed by atoms with E-state index in [0.717, 1.165) is 17.9 Å². The number of halogens is 1. The third-order valence-corrected chi connectivity index (χ3v) is 2.93. The van der Waals surface area contributed by atoms with E-state index in [-0.39, 0.29) is 18.0 Å². The molecule has 0 aliphatic rings. The zero-order chi connectivity index (χ0) is 15.2. The summed E-state index contributed by atoms with van der Waals surface area (Å²) in [5, 5.41) is 14.3. The van der Waals surface area contributed by atoms with E-state index in [4.69, 9.17) is 16.3 Å². The number of rotatable bonds is 6. The average molecular weight is 308 g/mol. The topological polar surface area (TPSA) is 77.3 Å². The molecule has 2 rings (SSSR count). The van der Waals surface area contributed by atoms with Gasteiger partial charge in [0.15, 0.2) is 5.75 Å². The lowest BCUT2D eigenvalue weighted by atomic mass is 10.3. The molecule has 1 aromatic heterocycles. The van der Waals surface area contributed by atoms with E-state index < -0.39 is 4.92 Å². The zero-order valence-electron chi connectivity index (χ0n) is 11.4. The van der Waals surface area contributed by atoms with Crippen molar-refractivity contribution in [1.82, 2.24) is 4.98 Å². The molecule has 2 aromatic rings. The Labute approximate surface area is 126 Å². The van der Waals surface area contributed by atoms with Gasteiger partial charge in [-0.25, -0.2) is 4.98 Å². The van der Waals surface area contributed by atoms with Crippen LogP contribution >= 0.6 is 11.6 Å². The maximum absolute atomic E-state index is 10.9. The molecule has 0 amide bonds. The zero-order valence-corrected chi connectivity index (χ0v) is 12.1. The second-order valence-electron chi connectivity index (χ2n) is 4.24. The Bertz CT molecular complexity index is 632. The molecule has 1 aromatic carbocycles. The number of nitrogens with one attached hydrogen (secondary N) is 1. The Morgan fingerprint density at radius 2 is 2.19 bits per heavy atom. The number of nitrogens with zero attached hydrogens (tertiary/aromatic N) is 2. The van der Waals surface area contributed by atoms with Crippen LogP contribution in [0.5, 0.6) is 5.75 Å². The van der Waals surface area contributed by atoms with Crippen LogP contribution in [-0.2, 0) is 6.61 Å². The maximum Gasteiger partial charge on any atom is 0.312 e. The molecular formula is C14H14ClN3O3. The van der Waals surface area contributed by atoms with Gasteiger partial charge in [-0.2, -0.15) is 0 Å². The number of aromatic nitrogens is 1. The summed E-state index contributed by atoms with van der Waals surface area (Å²) in [7, 11) is 0. The van der Waals surface area contributed by atoms with Crippen LogP contribution < -0.4 is 10.1 Å². The standard InChI is InChI=1S/C14H14ClN3O3/c1-2-16-14-6-3-10(8-17-14)9-21-13-5-4-11(15)7-12(13)18(19)20/h3-8H,2,9H2,1H3,(H,16,17). The van der Waals surface area contributed by atoms with E-state index in [1.165, 1.54) is 12.1 Å².